The van der Waals surface area contributed by atoms with Gasteiger partial charge in [-0.15, -0.1) is 0 Å². The Balaban J connectivity index is 2.21. The number of furan rings is 1. The molecule has 0 radical (unpaired) electrons. The maximum Gasteiger partial charge on any atom is 0.200 e. The molecule has 0 aliphatic carbocycles. The van der Waals surface area contributed by atoms with Gasteiger partial charge in [0.2, 0.25) is 0 Å². The van der Waals surface area contributed by atoms with Crippen molar-refractivity contribution in [1.82, 2.24) is 4.98 Å². The smallest absolute Gasteiger partial charge is 0.200 e. The van der Waals surface area contributed by atoms with Crippen molar-refractivity contribution in [2.24, 2.45) is 0 Å². The molecular formula is C16H22N2O3S. The van der Waals surface area contributed by atoms with Gasteiger partial charge in [-0.1, -0.05) is 0 Å². The molecule has 0 atom stereocenters. The van der Waals surface area contributed by atoms with E-state index in [4.69, 9.17) is 4.42 Å². The molecule has 0 amide bonds. The van der Waals surface area contributed by atoms with Crippen LogP contribution in [0.25, 0.3) is 0 Å². The van der Waals surface area contributed by atoms with Crippen LogP contribution >= 0.6 is 0 Å². The van der Waals surface area contributed by atoms with Crippen molar-refractivity contribution in [3.05, 3.63) is 42.0 Å². The topological polar surface area (TPSA) is 63.4 Å². The van der Waals surface area contributed by atoms with E-state index in [0.29, 0.717) is 6.54 Å². The molecule has 2 heterocycles. The highest BCUT2D eigenvalue weighted by atomic mass is 32.2. The first-order chi connectivity index (χ1) is 10.1. The number of hydrogen-bond donors (Lipinski definition) is 0. The molecular weight excluding hydrogens is 300 g/mol. The molecule has 0 aliphatic rings. The van der Waals surface area contributed by atoms with Gasteiger partial charge in [0.25, 0.3) is 0 Å². The maximum absolute atomic E-state index is 12.3. The number of hydrogen-bond acceptors (Lipinski definition) is 5. The van der Waals surface area contributed by atoms with Gasteiger partial charge < -0.3 is 9.32 Å². The van der Waals surface area contributed by atoms with Crippen molar-refractivity contribution in [2.75, 3.05) is 11.9 Å². The van der Waals surface area contributed by atoms with Crippen LogP contribution in [0.1, 0.15) is 32.1 Å². The van der Waals surface area contributed by atoms with E-state index < -0.39 is 14.6 Å². The number of aryl methyl sites for hydroxylation is 1. The van der Waals surface area contributed by atoms with E-state index in [1.807, 2.05) is 24.9 Å². The van der Waals surface area contributed by atoms with Gasteiger partial charge in [0.15, 0.2) is 14.9 Å². The van der Waals surface area contributed by atoms with Crippen LogP contribution in [-0.2, 0) is 16.4 Å². The van der Waals surface area contributed by atoms with Crippen LogP contribution in [-0.4, -0.2) is 25.2 Å². The Morgan fingerprint density at radius 1 is 1.23 bits per heavy atom. The van der Waals surface area contributed by atoms with Crippen LogP contribution in [0, 0.1) is 6.92 Å². The van der Waals surface area contributed by atoms with Crippen LogP contribution in [0.2, 0.25) is 0 Å². The summed E-state index contributed by atoms with van der Waals surface area (Å²) in [6.07, 6.45) is 3.25. The molecule has 0 N–H and O–H groups in total. The highest BCUT2D eigenvalue weighted by Gasteiger charge is 2.32. The lowest BCUT2D eigenvalue weighted by molar-refractivity contribution is 0.529. The lowest BCUT2D eigenvalue weighted by atomic mass is 10.2. The summed E-state index contributed by atoms with van der Waals surface area (Å²) < 4.78 is 29.1. The van der Waals surface area contributed by atoms with Gasteiger partial charge in [-0.3, -0.25) is 0 Å². The van der Waals surface area contributed by atoms with Gasteiger partial charge in [-0.25, -0.2) is 13.4 Å². The van der Waals surface area contributed by atoms with Gasteiger partial charge in [0.1, 0.15) is 5.76 Å². The fourth-order valence-electron chi connectivity index (χ4n) is 1.99. The van der Waals surface area contributed by atoms with Gasteiger partial charge in [-0.2, -0.15) is 0 Å². The normalized spacial score (nSPS) is 12.4. The Kier molecular flexibility index (Phi) is 4.33. The summed E-state index contributed by atoms with van der Waals surface area (Å²) in [7, 11) is -1.49. The Labute approximate surface area is 131 Å². The van der Waals surface area contributed by atoms with Crippen LogP contribution in [0.5, 0.6) is 0 Å². The molecule has 0 unspecified atom stereocenters. The lowest BCUT2D eigenvalue weighted by Gasteiger charge is -2.21. The molecule has 0 saturated heterocycles. The van der Waals surface area contributed by atoms with Crippen LogP contribution in [0.15, 0.2) is 40.1 Å². The third-order valence-corrected chi connectivity index (χ3v) is 6.02. The lowest BCUT2D eigenvalue weighted by Crippen LogP contribution is -2.28. The number of sulfone groups is 1. The molecule has 2 aromatic heterocycles. The first kappa shape index (κ1) is 16.5. The molecule has 0 fully saturated rings. The van der Waals surface area contributed by atoms with E-state index >= 15 is 0 Å². The van der Waals surface area contributed by atoms with Crippen molar-refractivity contribution < 1.29 is 12.8 Å². The Hall–Kier alpha value is -1.82. The summed E-state index contributed by atoms with van der Waals surface area (Å²) in [5, 5.41) is 0.108. The quantitative estimate of drug-likeness (QED) is 0.865. The second-order valence-corrected chi connectivity index (χ2v) is 8.98. The van der Waals surface area contributed by atoms with E-state index in [1.165, 1.54) is 0 Å². The minimum Gasteiger partial charge on any atom is -0.469 e. The minimum atomic E-state index is -3.42. The largest absolute Gasteiger partial charge is 0.469 e. The number of anilines is 1. The summed E-state index contributed by atoms with van der Waals surface area (Å²) in [6.45, 7) is 7.61. The molecule has 0 aromatic carbocycles. The highest BCUT2D eigenvalue weighted by molar-refractivity contribution is 7.92. The molecule has 120 valence electrons. The number of pyridine rings is 1. The maximum atomic E-state index is 12.3. The molecule has 0 saturated carbocycles. The van der Waals surface area contributed by atoms with Crippen molar-refractivity contribution >= 4 is 15.5 Å². The summed E-state index contributed by atoms with van der Waals surface area (Å²) in [5.41, 5.74) is 1.95. The van der Waals surface area contributed by atoms with Gasteiger partial charge >= 0.3 is 0 Å². The second kappa shape index (κ2) is 5.76. The molecule has 0 aliphatic heterocycles. The first-order valence-electron chi connectivity index (χ1n) is 7.08. The monoisotopic (exact) mass is 322 g/mol. The molecule has 22 heavy (non-hydrogen) atoms. The molecule has 5 nitrogen and oxygen atoms in total. The van der Waals surface area contributed by atoms with E-state index in [1.54, 1.807) is 45.4 Å². The summed E-state index contributed by atoms with van der Waals surface area (Å²) in [5.74, 6) is 0.881. The van der Waals surface area contributed by atoms with Crippen molar-refractivity contribution in [3.8, 4) is 0 Å². The number of nitrogens with zero attached hydrogens (tertiary/aromatic N) is 2. The predicted octanol–water partition coefficient (Wildman–Crippen LogP) is 3.19. The summed E-state index contributed by atoms with van der Waals surface area (Å²) in [4.78, 5) is 6.13. The van der Waals surface area contributed by atoms with Gasteiger partial charge in [0, 0.05) is 19.2 Å². The zero-order chi connectivity index (χ0) is 16.5. The summed E-state index contributed by atoms with van der Waals surface area (Å²) in [6, 6.07) is 5.27. The minimum absolute atomic E-state index is 0.108. The Morgan fingerprint density at radius 3 is 2.36 bits per heavy atom. The van der Waals surface area contributed by atoms with E-state index in [-0.39, 0.29) is 5.03 Å². The molecule has 2 rings (SSSR count). The van der Waals surface area contributed by atoms with Crippen LogP contribution in [0.3, 0.4) is 0 Å². The second-order valence-electron chi connectivity index (χ2n) is 6.33. The fourth-order valence-corrected chi connectivity index (χ4v) is 3.06. The van der Waals surface area contributed by atoms with Crippen molar-refractivity contribution in [1.29, 1.82) is 0 Å². The molecule has 0 spiro atoms. The van der Waals surface area contributed by atoms with Crippen LogP contribution < -0.4 is 4.90 Å². The standard InChI is InChI=1S/C16H22N2O3S/c1-12-13(8-9-21-12)11-18(5)14-6-7-15(17-10-14)22(19,20)16(2,3)4/h6-10H,11H2,1-5H3. The van der Waals surface area contributed by atoms with E-state index in [9.17, 15) is 8.42 Å². The first-order valence-corrected chi connectivity index (χ1v) is 8.56. The van der Waals surface area contributed by atoms with E-state index in [2.05, 4.69) is 4.98 Å². The number of rotatable bonds is 4. The fraction of sp³-hybridized carbons (Fsp3) is 0.438. The highest BCUT2D eigenvalue weighted by Crippen LogP contribution is 2.25. The van der Waals surface area contributed by atoms with Crippen molar-refractivity contribution in [2.45, 2.75) is 44.0 Å². The third kappa shape index (κ3) is 3.16. The predicted molar refractivity (Wildman–Crippen MR) is 86.7 cm³/mol. The van der Waals surface area contributed by atoms with Gasteiger partial charge in [0.05, 0.1) is 22.9 Å². The SMILES string of the molecule is Cc1occc1CN(C)c1ccc(S(=O)(=O)C(C)(C)C)nc1. The number of aromatic nitrogens is 1. The molecule has 2 aromatic rings. The van der Waals surface area contributed by atoms with E-state index in [0.717, 1.165) is 17.0 Å². The third-order valence-electron chi connectivity index (χ3n) is 3.62. The molecule has 0 bridgehead atoms. The Bertz CT molecular complexity index is 740. The Morgan fingerprint density at radius 2 is 1.91 bits per heavy atom. The van der Waals surface area contributed by atoms with Gasteiger partial charge in [-0.05, 0) is 45.9 Å². The average molecular weight is 322 g/mol. The summed E-state index contributed by atoms with van der Waals surface area (Å²) >= 11 is 0. The van der Waals surface area contributed by atoms with Crippen LogP contribution in [0.4, 0.5) is 5.69 Å². The molecule has 6 heteroatoms. The average Bonchev–Trinajstić information content (AvgIpc) is 2.83. The van der Waals surface area contributed by atoms with Crippen molar-refractivity contribution in [3.63, 3.8) is 0 Å². The zero-order valence-corrected chi connectivity index (χ0v) is 14.4. The zero-order valence-electron chi connectivity index (χ0n) is 13.6.